The zero-order chi connectivity index (χ0) is 51.3. The van der Waals surface area contributed by atoms with Crippen molar-refractivity contribution in [2.45, 2.75) is 102 Å². The average Bonchev–Trinajstić information content (AvgIpc) is 3.65. The van der Waals surface area contributed by atoms with E-state index in [9.17, 15) is 15.0 Å². The molecule has 3 aliphatic rings. The lowest BCUT2D eigenvalue weighted by Crippen LogP contribution is -2.52. The van der Waals surface area contributed by atoms with Crippen LogP contribution >= 0.6 is 0 Å². The number of rotatable bonds is 14. The molecule has 10 rings (SSSR count). The molecule has 19 nitrogen and oxygen atoms in total. The number of likely N-dealkylation sites (N-methyl/N-ethyl adjacent to an activating group) is 1. The Bertz CT molecular complexity index is 3200. The van der Waals surface area contributed by atoms with Gasteiger partial charge in [-0.05, 0) is 78.8 Å². The molecule has 6 N–H and O–H groups in total. The maximum atomic E-state index is 15.1. The quantitative estimate of drug-likeness (QED) is 0.0747. The number of carbonyl (C=O) groups excluding carboxylic acids is 1. The van der Waals surface area contributed by atoms with Crippen LogP contribution in [0.1, 0.15) is 87.7 Å². The monoisotopic (exact) mass is 998 g/mol. The number of nitrogens with one attached hydrogen (secondary N) is 4. The van der Waals surface area contributed by atoms with Gasteiger partial charge < -0.3 is 41.3 Å². The number of fused-ring (bicyclic) bond motifs is 2. The number of hydrogen-bond acceptors (Lipinski definition) is 16. The highest BCUT2D eigenvalue weighted by atomic mass is 19.1. The largest absolute Gasteiger partial charge is 0.390 e. The molecule has 0 bridgehead atoms. The number of piperidine rings is 2. The van der Waals surface area contributed by atoms with Crippen LogP contribution in [-0.2, 0) is 24.8 Å². The molecule has 3 saturated heterocycles. The molecule has 0 spiro atoms. The smallest absolute Gasteiger partial charge is 0.227 e. The Morgan fingerprint density at radius 1 is 0.781 bits per heavy atom. The van der Waals surface area contributed by atoms with Crippen molar-refractivity contribution in [3.8, 4) is 11.3 Å². The lowest BCUT2D eigenvalue weighted by atomic mass is 9.92. The Morgan fingerprint density at radius 3 is 1.88 bits per heavy atom. The second kappa shape index (κ2) is 19.7. The minimum atomic E-state index is -1.80. The van der Waals surface area contributed by atoms with E-state index in [0.29, 0.717) is 60.5 Å². The zero-order valence-corrected chi connectivity index (χ0v) is 42.2. The summed E-state index contributed by atoms with van der Waals surface area (Å²) in [6, 6.07) is 7.46. The number of aromatic nitrogens is 10. The Morgan fingerprint density at radius 2 is 1.34 bits per heavy atom. The first-order valence-electron chi connectivity index (χ1n) is 25.0. The number of aliphatic hydroxyl groups is 2. The second-order valence-corrected chi connectivity index (χ2v) is 20.5. The van der Waals surface area contributed by atoms with Gasteiger partial charge in [0.05, 0.1) is 61.4 Å². The minimum Gasteiger partial charge on any atom is -0.390 e. The summed E-state index contributed by atoms with van der Waals surface area (Å²) < 4.78 is 34.7. The number of amides is 1. The molecule has 1 amide bonds. The predicted molar refractivity (Wildman–Crippen MR) is 275 cm³/mol. The number of alkyl halides is 2. The molecule has 3 aliphatic heterocycles. The molecule has 0 aromatic carbocycles. The van der Waals surface area contributed by atoms with Gasteiger partial charge in [-0.15, -0.1) is 4.68 Å². The summed E-state index contributed by atoms with van der Waals surface area (Å²) in [7, 11) is 3.70. The highest BCUT2D eigenvalue weighted by molar-refractivity contribution is 5.98. The zero-order valence-electron chi connectivity index (χ0n) is 42.2. The summed E-state index contributed by atoms with van der Waals surface area (Å²) in [4.78, 5) is 54.1. The summed E-state index contributed by atoms with van der Waals surface area (Å²) in [5.41, 5.74) is 2.05. The first kappa shape index (κ1) is 49.5. The van der Waals surface area contributed by atoms with Gasteiger partial charge in [-0.3, -0.25) is 14.8 Å². The maximum absolute atomic E-state index is 15.1. The SMILES string of the molecule is CNC(=O)Cc1ncc(C(C)C[n+]2cc(-c3ncc(C(C)C)c4cc(Nc5ccnc(N6CC[C@@H](O)[C@@](C)(F)C6)n5)ncc34)c(C3CNC3)n2C)c2cc(Nc3ccnc(N4CC[C@@H](O)[C@@](C)(F)C4)n3)ncc12. The van der Waals surface area contributed by atoms with Gasteiger partial charge in [-0.2, -0.15) is 14.6 Å². The highest BCUT2D eigenvalue weighted by Crippen LogP contribution is 2.38. The Labute approximate surface area is 422 Å². The van der Waals surface area contributed by atoms with Crippen LogP contribution in [0.2, 0.25) is 0 Å². The molecule has 1 unspecified atom stereocenters. The number of nitrogens with zero attached hydrogens (tertiary/aromatic N) is 12. The van der Waals surface area contributed by atoms with Crippen molar-refractivity contribution in [1.29, 1.82) is 0 Å². The fraction of sp³-hybridized carbons (Fsp3) is 0.462. The van der Waals surface area contributed by atoms with Crippen LogP contribution in [0.25, 0.3) is 32.8 Å². The molecular weight excluding hydrogens is 935 g/mol. The fourth-order valence-electron chi connectivity index (χ4n) is 10.3. The predicted octanol–water partition coefficient (Wildman–Crippen LogP) is 5.43. The van der Waals surface area contributed by atoms with Crippen LogP contribution in [0.15, 0.2) is 67.6 Å². The van der Waals surface area contributed by atoms with Crippen molar-refractivity contribution >= 4 is 62.6 Å². The third-order valence-corrected chi connectivity index (χ3v) is 14.7. The topological polar surface area (TPSA) is 224 Å². The van der Waals surface area contributed by atoms with Crippen LogP contribution in [0, 0.1) is 0 Å². The average molecular weight is 998 g/mol. The van der Waals surface area contributed by atoms with Crippen LogP contribution in [-0.4, -0.2) is 131 Å². The summed E-state index contributed by atoms with van der Waals surface area (Å²) >= 11 is 0. The lowest BCUT2D eigenvalue weighted by Gasteiger charge is -2.38. The Kier molecular flexibility index (Phi) is 13.4. The normalized spacial score (nSPS) is 21.9. The van der Waals surface area contributed by atoms with Gasteiger partial charge in [-0.25, -0.2) is 28.7 Å². The van der Waals surface area contributed by atoms with Crippen molar-refractivity contribution in [3.05, 3.63) is 90.2 Å². The number of pyridine rings is 4. The third-order valence-electron chi connectivity index (χ3n) is 14.7. The van der Waals surface area contributed by atoms with Gasteiger partial charge >= 0.3 is 0 Å². The van der Waals surface area contributed by atoms with Gasteiger partial charge in [0.25, 0.3) is 0 Å². The molecule has 0 radical (unpaired) electrons. The number of anilines is 6. The van der Waals surface area contributed by atoms with E-state index in [-0.39, 0.29) is 56.0 Å². The first-order valence-corrected chi connectivity index (χ1v) is 25.0. The number of hydrogen-bond donors (Lipinski definition) is 6. The van der Waals surface area contributed by atoms with Crippen molar-refractivity contribution in [2.75, 3.05) is 66.7 Å². The third kappa shape index (κ3) is 9.92. The van der Waals surface area contributed by atoms with Gasteiger partial charge in [-0.1, -0.05) is 20.8 Å². The van der Waals surface area contributed by atoms with Crippen molar-refractivity contribution in [3.63, 3.8) is 0 Å². The van der Waals surface area contributed by atoms with E-state index >= 15 is 8.78 Å². The van der Waals surface area contributed by atoms with E-state index in [2.05, 4.69) is 74.6 Å². The summed E-state index contributed by atoms with van der Waals surface area (Å²) in [5.74, 6) is 2.96. The van der Waals surface area contributed by atoms with E-state index in [4.69, 9.17) is 29.9 Å². The van der Waals surface area contributed by atoms with Crippen molar-refractivity contribution < 1.29 is 28.5 Å². The van der Waals surface area contributed by atoms with Crippen molar-refractivity contribution in [2.24, 2.45) is 7.05 Å². The summed E-state index contributed by atoms with van der Waals surface area (Å²) in [6.07, 6.45) is 11.4. The van der Waals surface area contributed by atoms with Gasteiger partial charge in [0.15, 0.2) is 17.9 Å². The van der Waals surface area contributed by atoms with Crippen LogP contribution < -0.4 is 35.7 Å². The van der Waals surface area contributed by atoms with Gasteiger partial charge in [0, 0.05) is 93.0 Å². The standard InChI is InChI=1S/C52H62F2N16O3/c1-29(2)34-21-62-47(37-24-61-44(16-32(34)37)63-42-8-12-57-49(65-42)68-14-10-40(71)51(4,53)27-68)38-26-70(67(7)48(38)31-19-56-20-31)25-30(3)35-22-59-39(18-46(73)55-6)36-23-60-45(17-33(35)36)64-43-9-13-58-50(66-43)69-15-11-41(72)52(5,54)28-69/h8-9,12-13,16-17,21-24,26,29-31,40-41,56,71-72H,10-11,14-15,18-20,25,27-28H2,1-7H3,(H2-,55,57,58,59,60,61,62,63,64,65,66,73)/p+1/t30?,40-,41-,51+,52+/m1/s1. The molecule has 7 aromatic heterocycles. The molecular formula is C52H63F2N16O3+. The van der Waals surface area contributed by atoms with E-state index in [0.717, 1.165) is 62.7 Å². The second-order valence-electron chi connectivity index (χ2n) is 20.5. The van der Waals surface area contributed by atoms with Crippen LogP contribution in [0.5, 0.6) is 0 Å². The van der Waals surface area contributed by atoms with Crippen LogP contribution in [0.4, 0.5) is 43.9 Å². The van der Waals surface area contributed by atoms with E-state index in [1.165, 1.54) is 13.8 Å². The minimum absolute atomic E-state index is 0.0137. The fourth-order valence-corrected chi connectivity index (χ4v) is 10.3. The Hall–Kier alpha value is -7.10. The summed E-state index contributed by atoms with van der Waals surface area (Å²) in [5, 5.41) is 36.8. The molecule has 73 heavy (non-hydrogen) atoms. The van der Waals surface area contributed by atoms with Crippen LogP contribution in [0.3, 0.4) is 0 Å². The Balaban J connectivity index is 0.966. The van der Waals surface area contributed by atoms with E-state index in [1.807, 2.05) is 30.7 Å². The van der Waals surface area contributed by atoms with E-state index in [1.54, 1.807) is 47.6 Å². The molecule has 7 aromatic rings. The molecule has 0 saturated carbocycles. The molecule has 382 valence electrons. The van der Waals surface area contributed by atoms with Crippen molar-refractivity contribution in [1.82, 2.24) is 55.2 Å². The molecule has 21 heteroatoms. The highest BCUT2D eigenvalue weighted by Gasteiger charge is 2.41. The first-order chi connectivity index (χ1) is 35.0. The number of aliphatic hydroxyl groups excluding tert-OH is 2. The van der Waals surface area contributed by atoms with E-state index < -0.39 is 23.5 Å². The molecule has 0 aliphatic carbocycles. The molecule has 10 heterocycles. The molecule has 3 fully saturated rings. The lowest BCUT2D eigenvalue weighted by molar-refractivity contribution is -0.775. The van der Waals surface area contributed by atoms with Gasteiger partial charge in [0.2, 0.25) is 24.0 Å². The summed E-state index contributed by atoms with van der Waals surface area (Å²) in [6.45, 7) is 12.3. The number of halogens is 2. The maximum Gasteiger partial charge on any atom is 0.227 e. The van der Waals surface area contributed by atoms with Gasteiger partial charge in [0.1, 0.15) is 23.3 Å². The molecule has 5 atom stereocenters. The number of carbonyl (C=O) groups is 1.